The number of rotatable bonds is 12. The van der Waals surface area contributed by atoms with Crippen LogP contribution in [0.3, 0.4) is 0 Å². The van der Waals surface area contributed by atoms with Gasteiger partial charge in [-0.1, -0.05) is 12.1 Å². The zero-order valence-electron chi connectivity index (χ0n) is 18.7. The summed E-state index contributed by atoms with van der Waals surface area (Å²) in [5.41, 5.74) is 0.572. The Morgan fingerprint density at radius 1 is 1.00 bits per heavy atom. The van der Waals surface area contributed by atoms with Crippen LogP contribution in [-0.4, -0.2) is 75.7 Å². The minimum absolute atomic E-state index is 0.00487. The van der Waals surface area contributed by atoms with Crippen LogP contribution in [0.1, 0.15) is 38.2 Å². The fraction of sp³-hybridized carbons (Fsp3) is 0.500. The van der Waals surface area contributed by atoms with Crippen molar-refractivity contribution in [1.29, 1.82) is 0 Å². The normalized spacial score (nSPS) is 17.7. The summed E-state index contributed by atoms with van der Waals surface area (Å²) in [6, 6.07) is 1.74. The van der Waals surface area contributed by atoms with E-state index in [1.807, 2.05) is 0 Å². The standard InChI is InChI=1S/C22H30N4O8/c1-12(22(33)34)24-21(32)17(11-13-4-6-14(27)7-5-13)26-20(31)16(8-9-18(28)29)25-19(30)15-3-2-10-23-15/h4-7,12,15-17,23,27H,2-3,8-11H2,1H3,(H,24,32)(H,25,30)(H,26,31)(H,28,29)(H,33,34). The first kappa shape index (κ1) is 26.6. The fourth-order valence-electron chi connectivity index (χ4n) is 3.44. The van der Waals surface area contributed by atoms with E-state index in [4.69, 9.17) is 10.2 Å². The van der Waals surface area contributed by atoms with Crippen molar-refractivity contribution < 1.29 is 39.3 Å². The van der Waals surface area contributed by atoms with Crippen molar-refractivity contribution in [1.82, 2.24) is 21.3 Å². The minimum atomic E-state index is -1.27. The summed E-state index contributed by atoms with van der Waals surface area (Å²) >= 11 is 0. The Morgan fingerprint density at radius 3 is 2.21 bits per heavy atom. The molecule has 7 N–H and O–H groups in total. The number of hydrogen-bond acceptors (Lipinski definition) is 7. The summed E-state index contributed by atoms with van der Waals surface area (Å²) in [5, 5.41) is 37.9. The van der Waals surface area contributed by atoms with Gasteiger partial charge in [0.2, 0.25) is 17.7 Å². The highest BCUT2D eigenvalue weighted by Crippen LogP contribution is 2.12. The number of nitrogens with one attached hydrogen (secondary N) is 4. The van der Waals surface area contributed by atoms with Gasteiger partial charge in [-0.2, -0.15) is 0 Å². The molecule has 1 aliphatic rings. The number of carboxylic acid groups (broad SMARTS) is 2. The lowest BCUT2D eigenvalue weighted by atomic mass is 10.0. The van der Waals surface area contributed by atoms with Gasteiger partial charge in [0.25, 0.3) is 0 Å². The number of phenols is 1. The molecule has 1 heterocycles. The third-order valence-corrected chi connectivity index (χ3v) is 5.39. The summed E-state index contributed by atoms with van der Waals surface area (Å²) < 4.78 is 0. The average molecular weight is 479 g/mol. The highest BCUT2D eigenvalue weighted by atomic mass is 16.4. The quantitative estimate of drug-likeness (QED) is 0.199. The zero-order chi connectivity index (χ0) is 25.3. The first-order valence-electron chi connectivity index (χ1n) is 10.9. The lowest BCUT2D eigenvalue weighted by molar-refractivity contribution is -0.141. The maximum atomic E-state index is 13.0. The number of aliphatic carboxylic acids is 2. The average Bonchev–Trinajstić information content (AvgIpc) is 3.32. The highest BCUT2D eigenvalue weighted by Gasteiger charge is 2.31. The van der Waals surface area contributed by atoms with Crippen molar-refractivity contribution in [3.8, 4) is 5.75 Å². The van der Waals surface area contributed by atoms with Crippen molar-refractivity contribution in [2.45, 2.75) is 63.2 Å². The van der Waals surface area contributed by atoms with E-state index in [-0.39, 0.29) is 25.0 Å². The molecule has 4 atom stereocenters. The van der Waals surface area contributed by atoms with E-state index in [9.17, 15) is 29.1 Å². The molecule has 1 aliphatic heterocycles. The van der Waals surface area contributed by atoms with Gasteiger partial charge < -0.3 is 36.6 Å². The third kappa shape index (κ3) is 8.35. The molecule has 0 spiro atoms. The molecule has 2 rings (SSSR count). The maximum absolute atomic E-state index is 13.0. The molecular formula is C22H30N4O8. The molecule has 0 bridgehead atoms. The summed E-state index contributed by atoms with van der Waals surface area (Å²) in [7, 11) is 0. The van der Waals surface area contributed by atoms with Crippen molar-refractivity contribution in [2.24, 2.45) is 0 Å². The summed E-state index contributed by atoms with van der Waals surface area (Å²) in [6.07, 6.45) is 0.757. The monoisotopic (exact) mass is 478 g/mol. The van der Waals surface area contributed by atoms with Crippen molar-refractivity contribution in [2.75, 3.05) is 6.54 Å². The smallest absolute Gasteiger partial charge is 0.325 e. The minimum Gasteiger partial charge on any atom is -0.508 e. The van der Waals surface area contributed by atoms with Crippen molar-refractivity contribution in [3.05, 3.63) is 29.8 Å². The van der Waals surface area contributed by atoms with Crippen molar-refractivity contribution >= 4 is 29.7 Å². The van der Waals surface area contributed by atoms with Crippen LogP contribution in [0.5, 0.6) is 5.75 Å². The Kier molecular flexibility index (Phi) is 9.80. The first-order valence-corrected chi connectivity index (χ1v) is 10.9. The molecule has 34 heavy (non-hydrogen) atoms. The van der Waals surface area contributed by atoms with Gasteiger partial charge >= 0.3 is 11.9 Å². The van der Waals surface area contributed by atoms with Gasteiger partial charge in [-0.25, -0.2) is 0 Å². The number of carboxylic acids is 2. The molecule has 3 amide bonds. The zero-order valence-corrected chi connectivity index (χ0v) is 18.7. The van der Waals surface area contributed by atoms with Gasteiger partial charge in [0.1, 0.15) is 23.9 Å². The molecule has 0 aliphatic carbocycles. The lowest BCUT2D eigenvalue weighted by Gasteiger charge is -2.24. The number of aromatic hydroxyl groups is 1. The molecule has 0 saturated carbocycles. The molecule has 1 fully saturated rings. The van der Waals surface area contributed by atoms with Gasteiger partial charge in [-0.15, -0.1) is 0 Å². The number of carbonyl (C=O) groups excluding carboxylic acids is 3. The predicted octanol–water partition coefficient (Wildman–Crippen LogP) is -0.890. The van der Waals surface area contributed by atoms with E-state index in [2.05, 4.69) is 21.3 Å². The van der Waals surface area contributed by atoms with Crippen LogP contribution in [0.25, 0.3) is 0 Å². The Balaban J connectivity index is 2.18. The summed E-state index contributed by atoms with van der Waals surface area (Å²) in [4.78, 5) is 60.5. The second-order valence-corrected chi connectivity index (χ2v) is 8.14. The number of hydrogen-bond donors (Lipinski definition) is 7. The van der Waals surface area contributed by atoms with Gasteiger partial charge in [-0.3, -0.25) is 24.0 Å². The molecule has 12 nitrogen and oxygen atoms in total. The molecule has 0 radical (unpaired) electrons. The number of carbonyl (C=O) groups is 5. The van der Waals surface area contributed by atoms with E-state index in [0.29, 0.717) is 18.5 Å². The molecular weight excluding hydrogens is 448 g/mol. The van der Waals surface area contributed by atoms with Crippen molar-refractivity contribution in [3.63, 3.8) is 0 Å². The van der Waals surface area contributed by atoms with Crippen LogP contribution in [0.15, 0.2) is 24.3 Å². The molecule has 12 heteroatoms. The Hall–Kier alpha value is -3.67. The van der Waals surface area contributed by atoms with Gasteiger partial charge in [0, 0.05) is 12.8 Å². The molecule has 4 unspecified atom stereocenters. The number of benzene rings is 1. The first-order chi connectivity index (χ1) is 16.1. The maximum Gasteiger partial charge on any atom is 0.325 e. The third-order valence-electron chi connectivity index (χ3n) is 5.39. The highest BCUT2D eigenvalue weighted by molar-refractivity contribution is 5.94. The topological polar surface area (TPSA) is 194 Å². The molecule has 1 aromatic rings. The van der Waals surface area contributed by atoms with Crippen LogP contribution in [0.2, 0.25) is 0 Å². The largest absolute Gasteiger partial charge is 0.508 e. The Bertz CT molecular complexity index is 899. The van der Waals surface area contributed by atoms with E-state index in [0.717, 1.165) is 6.42 Å². The molecule has 1 aromatic carbocycles. The SMILES string of the molecule is CC(NC(=O)C(Cc1ccc(O)cc1)NC(=O)C(CCC(=O)O)NC(=O)C1CCCN1)C(=O)O. The Labute approximate surface area is 196 Å². The Morgan fingerprint density at radius 2 is 1.65 bits per heavy atom. The summed E-state index contributed by atoms with van der Waals surface area (Å²) in [6.45, 7) is 1.92. The van der Waals surface area contributed by atoms with Crippen LogP contribution in [-0.2, 0) is 30.4 Å². The number of phenolic OH excluding ortho intramolecular Hbond substituents is 1. The van der Waals surface area contributed by atoms with Crippen LogP contribution >= 0.6 is 0 Å². The number of amides is 3. The fourth-order valence-corrected chi connectivity index (χ4v) is 3.44. The van der Waals surface area contributed by atoms with Gasteiger partial charge in [0.05, 0.1) is 6.04 Å². The predicted molar refractivity (Wildman–Crippen MR) is 119 cm³/mol. The second-order valence-electron chi connectivity index (χ2n) is 8.14. The van der Waals surface area contributed by atoms with E-state index in [1.165, 1.54) is 31.2 Å². The van der Waals surface area contributed by atoms with E-state index >= 15 is 0 Å². The van der Waals surface area contributed by atoms with Crippen LogP contribution in [0.4, 0.5) is 0 Å². The van der Waals surface area contributed by atoms with Crippen LogP contribution < -0.4 is 21.3 Å². The van der Waals surface area contributed by atoms with Crippen LogP contribution in [0, 0.1) is 0 Å². The molecule has 186 valence electrons. The molecule has 0 aromatic heterocycles. The second kappa shape index (κ2) is 12.5. The molecule has 1 saturated heterocycles. The lowest BCUT2D eigenvalue weighted by Crippen LogP contribution is -2.57. The van der Waals surface area contributed by atoms with Gasteiger partial charge in [-0.05, 0) is 50.4 Å². The van der Waals surface area contributed by atoms with E-state index < -0.39 is 53.8 Å². The van der Waals surface area contributed by atoms with Gasteiger partial charge in [0.15, 0.2) is 0 Å². The summed E-state index contributed by atoms with van der Waals surface area (Å²) in [5.74, 6) is -4.39. The van der Waals surface area contributed by atoms with E-state index in [1.54, 1.807) is 0 Å².